The third-order valence-electron chi connectivity index (χ3n) is 4.14. The van der Waals surface area contributed by atoms with Crippen LogP contribution in [0.4, 0.5) is 0 Å². The maximum absolute atomic E-state index is 2.46. The monoisotopic (exact) mass is 245 g/mol. The quantitative estimate of drug-likeness (QED) is 0.781. The van der Waals surface area contributed by atoms with Crippen LogP contribution >= 0.6 is 0 Å². The molecule has 0 radical (unpaired) electrons. The van der Waals surface area contributed by atoms with Crippen molar-refractivity contribution in [2.75, 3.05) is 20.1 Å². The molecule has 0 spiro atoms. The maximum atomic E-state index is 2.46. The van der Waals surface area contributed by atoms with E-state index in [1.54, 1.807) is 5.56 Å². The summed E-state index contributed by atoms with van der Waals surface area (Å²) in [6.45, 7) is 9.52. The zero-order valence-electron chi connectivity index (χ0n) is 12.4. The Morgan fingerprint density at radius 2 is 1.94 bits per heavy atom. The number of aryl methyl sites for hydroxylation is 1. The molecule has 1 saturated heterocycles. The fourth-order valence-electron chi connectivity index (χ4n) is 3.09. The first-order chi connectivity index (χ1) is 8.47. The van der Waals surface area contributed by atoms with Crippen LogP contribution in [-0.2, 0) is 11.8 Å². The van der Waals surface area contributed by atoms with Gasteiger partial charge in [0.15, 0.2) is 0 Å². The molecule has 0 saturated carbocycles. The summed E-state index contributed by atoms with van der Waals surface area (Å²) in [6.07, 6.45) is 3.97. The zero-order valence-corrected chi connectivity index (χ0v) is 12.4. The molecule has 1 atom stereocenters. The van der Waals surface area contributed by atoms with Crippen LogP contribution in [0.5, 0.6) is 0 Å². The van der Waals surface area contributed by atoms with Gasteiger partial charge in [0.05, 0.1) is 0 Å². The van der Waals surface area contributed by atoms with Crippen LogP contribution in [0.3, 0.4) is 0 Å². The van der Waals surface area contributed by atoms with Crippen LogP contribution in [0.25, 0.3) is 0 Å². The van der Waals surface area contributed by atoms with Crippen molar-refractivity contribution >= 4 is 0 Å². The number of rotatable bonds is 3. The molecule has 0 aliphatic carbocycles. The molecule has 1 aromatic rings. The van der Waals surface area contributed by atoms with Gasteiger partial charge >= 0.3 is 0 Å². The van der Waals surface area contributed by atoms with Gasteiger partial charge < -0.3 is 4.90 Å². The van der Waals surface area contributed by atoms with Gasteiger partial charge in [-0.2, -0.15) is 0 Å². The van der Waals surface area contributed by atoms with Crippen molar-refractivity contribution < 1.29 is 0 Å². The van der Waals surface area contributed by atoms with Gasteiger partial charge in [0.1, 0.15) is 0 Å². The van der Waals surface area contributed by atoms with E-state index in [0.29, 0.717) is 0 Å². The van der Waals surface area contributed by atoms with Gasteiger partial charge in [0.25, 0.3) is 0 Å². The van der Waals surface area contributed by atoms with Crippen molar-refractivity contribution in [3.8, 4) is 0 Å². The summed E-state index contributed by atoms with van der Waals surface area (Å²) in [5.74, 6) is 0.906. The van der Waals surface area contributed by atoms with Gasteiger partial charge in [0, 0.05) is 6.54 Å². The first kappa shape index (κ1) is 13.6. The van der Waals surface area contributed by atoms with Gasteiger partial charge in [-0.1, -0.05) is 45.0 Å². The van der Waals surface area contributed by atoms with E-state index in [2.05, 4.69) is 57.0 Å². The van der Waals surface area contributed by atoms with E-state index < -0.39 is 0 Å². The molecule has 0 amide bonds. The molecule has 1 unspecified atom stereocenters. The van der Waals surface area contributed by atoms with Crippen molar-refractivity contribution in [1.82, 2.24) is 4.90 Å². The standard InChI is InChI=1S/C17H27N/c1-17(2,3)16-8-6-5-7-15(16)10-9-14-11-12-18(4)13-14/h5-8,14H,9-13H2,1-4H3. The van der Waals surface area contributed by atoms with Crippen molar-refractivity contribution in [2.24, 2.45) is 5.92 Å². The molecular formula is C17H27N. The minimum absolute atomic E-state index is 0.267. The molecule has 100 valence electrons. The number of hydrogen-bond donors (Lipinski definition) is 0. The lowest BCUT2D eigenvalue weighted by molar-refractivity contribution is 0.387. The molecule has 1 aliphatic heterocycles. The number of likely N-dealkylation sites (tertiary alicyclic amines) is 1. The van der Waals surface area contributed by atoms with Crippen molar-refractivity contribution in [2.45, 2.75) is 45.4 Å². The summed E-state index contributed by atoms with van der Waals surface area (Å²) in [7, 11) is 2.24. The summed E-state index contributed by atoms with van der Waals surface area (Å²) < 4.78 is 0. The average Bonchev–Trinajstić information content (AvgIpc) is 2.72. The Bertz CT molecular complexity index is 389. The molecule has 0 aromatic heterocycles. The molecule has 1 heteroatoms. The Morgan fingerprint density at radius 3 is 2.56 bits per heavy atom. The molecule has 18 heavy (non-hydrogen) atoms. The van der Waals surface area contributed by atoms with Gasteiger partial charge in [-0.3, -0.25) is 0 Å². The second-order valence-electron chi connectivity index (χ2n) is 6.86. The summed E-state index contributed by atoms with van der Waals surface area (Å²) in [6, 6.07) is 8.98. The zero-order chi connectivity index (χ0) is 13.2. The predicted molar refractivity (Wildman–Crippen MR) is 79.1 cm³/mol. The molecule has 1 heterocycles. The van der Waals surface area contributed by atoms with Crippen LogP contribution in [0.15, 0.2) is 24.3 Å². The Kier molecular flexibility index (Phi) is 4.11. The van der Waals surface area contributed by atoms with Gasteiger partial charge in [0.2, 0.25) is 0 Å². The predicted octanol–water partition coefficient (Wildman–Crippen LogP) is 3.87. The molecule has 1 aromatic carbocycles. The average molecular weight is 245 g/mol. The summed E-state index contributed by atoms with van der Waals surface area (Å²) in [5, 5.41) is 0. The van der Waals surface area contributed by atoms with Crippen LogP contribution in [0.2, 0.25) is 0 Å². The van der Waals surface area contributed by atoms with E-state index in [-0.39, 0.29) is 5.41 Å². The van der Waals surface area contributed by atoms with E-state index in [1.165, 1.54) is 37.9 Å². The normalized spacial score (nSPS) is 21.4. The summed E-state index contributed by atoms with van der Waals surface area (Å²) in [4.78, 5) is 2.46. The van der Waals surface area contributed by atoms with Gasteiger partial charge in [-0.15, -0.1) is 0 Å². The minimum atomic E-state index is 0.267. The highest BCUT2D eigenvalue weighted by Gasteiger charge is 2.21. The summed E-state index contributed by atoms with van der Waals surface area (Å²) >= 11 is 0. The number of benzene rings is 1. The van der Waals surface area contributed by atoms with Crippen LogP contribution < -0.4 is 0 Å². The number of nitrogens with zero attached hydrogens (tertiary/aromatic N) is 1. The molecule has 0 N–H and O–H groups in total. The van der Waals surface area contributed by atoms with E-state index >= 15 is 0 Å². The lowest BCUT2D eigenvalue weighted by Crippen LogP contribution is -2.16. The largest absolute Gasteiger partial charge is 0.306 e. The van der Waals surface area contributed by atoms with Crippen molar-refractivity contribution in [1.29, 1.82) is 0 Å². The molecule has 1 aliphatic rings. The van der Waals surface area contributed by atoms with Crippen LogP contribution in [0, 0.1) is 5.92 Å². The highest BCUT2D eigenvalue weighted by atomic mass is 15.1. The Hall–Kier alpha value is -0.820. The van der Waals surface area contributed by atoms with Crippen molar-refractivity contribution in [3.05, 3.63) is 35.4 Å². The highest BCUT2D eigenvalue weighted by Crippen LogP contribution is 2.28. The second-order valence-corrected chi connectivity index (χ2v) is 6.86. The van der Waals surface area contributed by atoms with Gasteiger partial charge in [-0.05, 0) is 55.3 Å². The maximum Gasteiger partial charge on any atom is 0.000720 e. The lowest BCUT2D eigenvalue weighted by atomic mass is 9.82. The van der Waals surface area contributed by atoms with Crippen LogP contribution in [-0.4, -0.2) is 25.0 Å². The Morgan fingerprint density at radius 1 is 1.22 bits per heavy atom. The smallest absolute Gasteiger partial charge is 0.000720 e. The first-order valence-electron chi connectivity index (χ1n) is 7.24. The first-order valence-corrected chi connectivity index (χ1v) is 7.24. The second kappa shape index (κ2) is 5.44. The Balaban J connectivity index is 2.01. The molecule has 1 fully saturated rings. The van der Waals surface area contributed by atoms with E-state index in [0.717, 1.165) is 5.92 Å². The van der Waals surface area contributed by atoms with Crippen LogP contribution in [0.1, 0.15) is 44.7 Å². The fraction of sp³-hybridized carbons (Fsp3) is 0.647. The molecule has 1 nitrogen and oxygen atoms in total. The molecular weight excluding hydrogens is 218 g/mol. The lowest BCUT2D eigenvalue weighted by Gasteiger charge is -2.23. The minimum Gasteiger partial charge on any atom is -0.306 e. The van der Waals surface area contributed by atoms with Gasteiger partial charge in [-0.25, -0.2) is 0 Å². The van der Waals surface area contributed by atoms with E-state index in [1.807, 2.05) is 0 Å². The summed E-state index contributed by atoms with van der Waals surface area (Å²) in [5.41, 5.74) is 3.35. The Labute approximate surface area is 112 Å². The third kappa shape index (κ3) is 3.35. The van der Waals surface area contributed by atoms with Crippen molar-refractivity contribution in [3.63, 3.8) is 0 Å². The molecule has 0 bridgehead atoms. The van der Waals surface area contributed by atoms with E-state index in [4.69, 9.17) is 0 Å². The SMILES string of the molecule is CN1CCC(CCc2ccccc2C(C)(C)C)C1. The fourth-order valence-corrected chi connectivity index (χ4v) is 3.09. The topological polar surface area (TPSA) is 3.24 Å². The molecule has 2 rings (SSSR count). The number of hydrogen-bond acceptors (Lipinski definition) is 1. The van der Waals surface area contributed by atoms with E-state index in [9.17, 15) is 0 Å². The third-order valence-corrected chi connectivity index (χ3v) is 4.14. The highest BCUT2D eigenvalue weighted by molar-refractivity contribution is 5.32.